The van der Waals surface area contributed by atoms with E-state index >= 15 is 0 Å². The van der Waals surface area contributed by atoms with Crippen LogP contribution in [0, 0.1) is 5.92 Å². The van der Waals surface area contributed by atoms with E-state index in [1.54, 1.807) is 6.07 Å². The summed E-state index contributed by atoms with van der Waals surface area (Å²) >= 11 is 0. The number of hydrogen-bond donors (Lipinski definition) is 2. The first-order chi connectivity index (χ1) is 8.47. The number of hydrogen-bond acceptors (Lipinski definition) is 2. The Hall–Kier alpha value is -1.23. The summed E-state index contributed by atoms with van der Waals surface area (Å²) in [5, 5.41) is 3.21. The number of piperidine rings is 1. The SMILES string of the molecule is Nc1ccc(CC2CCNCC2)c(C(F)(F)F)c1. The largest absolute Gasteiger partial charge is 0.416 e. The van der Waals surface area contributed by atoms with E-state index in [0.29, 0.717) is 17.9 Å². The van der Waals surface area contributed by atoms with Gasteiger partial charge in [0.05, 0.1) is 5.56 Å². The lowest BCUT2D eigenvalue weighted by molar-refractivity contribution is -0.138. The van der Waals surface area contributed by atoms with Gasteiger partial charge in [0, 0.05) is 5.69 Å². The van der Waals surface area contributed by atoms with E-state index in [-0.39, 0.29) is 5.69 Å². The second kappa shape index (κ2) is 5.18. The van der Waals surface area contributed by atoms with Crippen LogP contribution in [-0.4, -0.2) is 13.1 Å². The Morgan fingerprint density at radius 1 is 1.22 bits per heavy atom. The summed E-state index contributed by atoms with van der Waals surface area (Å²) in [5.41, 5.74) is 5.39. The van der Waals surface area contributed by atoms with Gasteiger partial charge in [-0.1, -0.05) is 6.07 Å². The molecule has 100 valence electrons. The second-order valence-corrected chi connectivity index (χ2v) is 4.81. The first-order valence-electron chi connectivity index (χ1n) is 6.13. The molecule has 1 fully saturated rings. The fraction of sp³-hybridized carbons (Fsp3) is 0.538. The smallest absolute Gasteiger partial charge is 0.399 e. The van der Waals surface area contributed by atoms with Crippen LogP contribution in [0.3, 0.4) is 0 Å². The molecule has 1 heterocycles. The molecule has 1 aromatic rings. The molecule has 0 radical (unpaired) electrons. The van der Waals surface area contributed by atoms with Crippen molar-refractivity contribution in [2.45, 2.75) is 25.4 Å². The number of nitrogens with one attached hydrogen (secondary N) is 1. The maximum atomic E-state index is 12.9. The van der Waals surface area contributed by atoms with E-state index < -0.39 is 11.7 Å². The molecule has 0 aliphatic carbocycles. The van der Waals surface area contributed by atoms with Crippen LogP contribution >= 0.6 is 0 Å². The predicted molar refractivity (Wildman–Crippen MR) is 65.2 cm³/mol. The van der Waals surface area contributed by atoms with Crippen molar-refractivity contribution in [3.05, 3.63) is 29.3 Å². The highest BCUT2D eigenvalue weighted by molar-refractivity contribution is 5.46. The van der Waals surface area contributed by atoms with E-state index in [0.717, 1.165) is 32.0 Å². The minimum absolute atomic E-state index is 0.163. The number of benzene rings is 1. The summed E-state index contributed by atoms with van der Waals surface area (Å²) in [6.07, 6.45) is -1.97. The molecule has 0 spiro atoms. The molecule has 5 heteroatoms. The summed E-state index contributed by atoms with van der Waals surface area (Å²) in [5.74, 6) is 0.330. The zero-order valence-electron chi connectivity index (χ0n) is 10.1. The molecular formula is C13H17F3N2. The van der Waals surface area contributed by atoms with Crippen molar-refractivity contribution >= 4 is 5.69 Å². The quantitative estimate of drug-likeness (QED) is 0.800. The van der Waals surface area contributed by atoms with Crippen LogP contribution in [0.2, 0.25) is 0 Å². The average Bonchev–Trinajstić information content (AvgIpc) is 2.31. The van der Waals surface area contributed by atoms with Crippen molar-refractivity contribution < 1.29 is 13.2 Å². The average molecular weight is 258 g/mol. The Bertz CT molecular complexity index is 409. The van der Waals surface area contributed by atoms with Gasteiger partial charge in [-0.15, -0.1) is 0 Å². The number of anilines is 1. The van der Waals surface area contributed by atoms with Crippen molar-refractivity contribution in [2.75, 3.05) is 18.8 Å². The zero-order chi connectivity index (χ0) is 13.2. The fourth-order valence-electron chi connectivity index (χ4n) is 2.43. The molecule has 18 heavy (non-hydrogen) atoms. The van der Waals surface area contributed by atoms with Gasteiger partial charge in [0.15, 0.2) is 0 Å². The molecule has 0 bridgehead atoms. The van der Waals surface area contributed by atoms with E-state index in [2.05, 4.69) is 5.32 Å². The molecule has 0 unspecified atom stereocenters. The van der Waals surface area contributed by atoms with Gasteiger partial charge < -0.3 is 11.1 Å². The predicted octanol–water partition coefficient (Wildman–Crippen LogP) is 2.83. The lowest BCUT2D eigenvalue weighted by Gasteiger charge is -2.24. The Labute approximate surface area is 104 Å². The molecule has 1 saturated heterocycles. The van der Waals surface area contributed by atoms with Crippen LogP contribution in [0.5, 0.6) is 0 Å². The van der Waals surface area contributed by atoms with Crippen LogP contribution in [0.25, 0.3) is 0 Å². The van der Waals surface area contributed by atoms with Crippen LogP contribution in [0.15, 0.2) is 18.2 Å². The molecule has 0 saturated carbocycles. The first-order valence-corrected chi connectivity index (χ1v) is 6.13. The van der Waals surface area contributed by atoms with Gasteiger partial charge >= 0.3 is 6.18 Å². The minimum Gasteiger partial charge on any atom is -0.399 e. The maximum absolute atomic E-state index is 12.9. The maximum Gasteiger partial charge on any atom is 0.416 e. The summed E-state index contributed by atoms with van der Waals surface area (Å²) in [4.78, 5) is 0. The lowest BCUT2D eigenvalue weighted by Crippen LogP contribution is -2.29. The topological polar surface area (TPSA) is 38.0 Å². The number of halogens is 3. The van der Waals surface area contributed by atoms with Crippen molar-refractivity contribution in [1.29, 1.82) is 0 Å². The van der Waals surface area contributed by atoms with Gasteiger partial charge in [-0.2, -0.15) is 13.2 Å². The Morgan fingerprint density at radius 3 is 2.50 bits per heavy atom. The number of rotatable bonds is 2. The van der Waals surface area contributed by atoms with Gasteiger partial charge in [-0.25, -0.2) is 0 Å². The highest BCUT2D eigenvalue weighted by Gasteiger charge is 2.34. The number of nitrogens with two attached hydrogens (primary N) is 1. The van der Waals surface area contributed by atoms with Crippen molar-refractivity contribution in [2.24, 2.45) is 5.92 Å². The van der Waals surface area contributed by atoms with Crippen LogP contribution in [0.1, 0.15) is 24.0 Å². The third-order valence-corrected chi connectivity index (χ3v) is 3.41. The Balaban J connectivity index is 2.21. The minimum atomic E-state index is -4.32. The van der Waals surface area contributed by atoms with Gasteiger partial charge in [-0.05, 0) is 56.0 Å². The molecule has 2 nitrogen and oxygen atoms in total. The van der Waals surface area contributed by atoms with Gasteiger partial charge in [0.2, 0.25) is 0 Å². The summed E-state index contributed by atoms with van der Waals surface area (Å²) < 4.78 is 38.7. The zero-order valence-corrected chi connectivity index (χ0v) is 10.1. The molecule has 1 aliphatic rings. The third-order valence-electron chi connectivity index (χ3n) is 3.41. The Morgan fingerprint density at radius 2 is 1.89 bits per heavy atom. The summed E-state index contributed by atoms with van der Waals surface area (Å²) in [7, 11) is 0. The number of nitrogen functional groups attached to an aromatic ring is 1. The van der Waals surface area contributed by atoms with Crippen LogP contribution in [-0.2, 0) is 12.6 Å². The third kappa shape index (κ3) is 3.16. The molecule has 0 atom stereocenters. The standard InChI is InChI=1S/C13H17F3N2/c14-13(15,16)12-8-11(17)2-1-10(12)7-9-3-5-18-6-4-9/h1-2,8-9,18H,3-7,17H2. The first kappa shape index (κ1) is 13.2. The van der Waals surface area contributed by atoms with E-state index in [1.807, 2.05) is 0 Å². The van der Waals surface area contributed by atoms with E-state index in [4.69, 9.17) is 5.73 Å². The number of alkyl halides is 3. The molecular weight excluding hydrogens is 241 g/mol. The van der Waals surface area contributed by atoms with Crippen LogP contribution < -0.4 is 11.1 Å². The molecule has 1 aliphatic heterocycles. The van der Waals surface area contributed by atoms with Crippen molar-refractivity contribution in [3.63, 3.8) is 0 Å². The lowest BCUT2D eigenvalue weighted by atomic mass is 9.89. The van der Waals surface area contributed by atoms with E-state index in [1.165, 1.54) is 6.07 Å². The highest BCUT2D eigenvalue weighted by Crippen LogP contribution is 2.35. The van der Waals surface area contributed by atoms with Crippen LogP contribution in [0.4, 0.5) is 18.9 Å². The van der Waals surface area contributed by atoms with Crippen molar-refractivity contribution in [1.82, 2.24) is 5.32 Å². The molecule has 0 aromatic heterocycles. The normalized spacial score (nSPS) is 17.9. The van der Waals surface area contributed by atoms with Gasteiger partial charge in [0.25, 0.3) is 0 Å². The van der Waals surface area contributed by atoms with Crippen molar-refractivity contribution in [3.8, 4) is 0 Å². The highest BCUT2D eigenvalue weighted by atomic mass is 19.4. The summed E-state index contributed by atoms with van der Waals surface area (Å²) in [6, 6.07) is 4.10. The molecule has 3 N–H and O–H groups in total. The van der Waals surface area contributed by atoms with Gasteiger partial charge in [-0.3, -0.25) is 0 Å². The monoisotopic (exact) mass is 258 g/mol. The molecule has 1 aromatic carbocycles. The molecule has 2 rings (SSSR count). The second-order valence-electron chi connectivity index (χ2n) is 4.81. The molecule has 0 amide bonds. The fourth-order valence-corrected chi connectivity index (χ4v) is 2.43. The van der Waals surface area contributed by atoms with Gasteiger partial charge in [0.1, 0.15) is 0 Å². The van der Waals surface area contributed by atoms with E-state index in [9.17, 15) is 13.2 Å². The summed E-state index contributed by atoms with van der Waals surface area (Å²) in [6.45, 7) is 1.78. The Kier molecular flexibility index (Phi) is 3.80.